The summed E-state index contributed by atoms with van der Waals surface area (Å²) in [5.41, 5.74) is 21.8. The lowest BCUT2D eigenvalue weighted by Gasteiger charge is -2.32. The van der Waals surface area contributed by atoms with Gasteiger partial charge >= 0.3 is 0 Å². The molecule has 316 valence electrons. The summed E-state index contributed by atoms with van der Waals surface area (Å²) in [6.45, 7) is 4.31. The smallest absolute Gasteiger partial charge is 0.226 e. The molecule has 2 heterocycles. The average Bonchev–Trinajstić information content (AvgIpc) is 3.79. The second kappa shape index (κ2) is 21.2. The van der Waals surface area contributed by atoms with Gasteiger partial charge in [0.05, 0.1) is 17.8 Å². The van der Waals surface area contributed by atoms with Crippen molar-refractivity contribution in [3.63, 3.8) is 0 Å². The van der Waals surface area contributed by atoms with Crippen LogP contribution in [0.2, 0.25) is 0 Å². The third-order valence-corrected chi connectivity index (χ3v) is 10.6. The highest BCUT2D eigenvalue weighted by atomic mass is 16.5. The Morgan fingerprint density at radius 1 is 0.967 bits per heavy atom. The van der Waals surface area contributed by atoms with E-state index in [1.807, 2.05) is 25.1 Å². The van der Waals surface area contributed by atoms with Gasteiger partial charge in [-0.15, -0.1) is 0 Å². The number of ketones is 3. The first-order chi connectivity index (χ1) is 28.9. The minimum atomic E-state index is -1.21. The second-order valence-electron chi connectivity index (χ2n) is 15.0. The molecule has 2 amide bonds. The molecule has 0 aliphatic carbocycles. The van der Waals surface area contributed by atoms with Gasteiger partial charge in [0, 0.05) is 86.7 Å². The van der Waals surface area contributed by atoms with Crippen molar-refractivity contribution in [2.45, 2.75) is 64.5 Å². The van der Waals surface area contributed by atoms with Crippen LogP contribution in [0.1, 0.15) is 72.1 Å². The van der Waals surface area contributed by atoms with Crippen LogP contribution in [0.25, 0.3) is 16.8 Å². The van der Waals surface area contributed by atoms with Crippen molar-refractivity contribution < 1.29 is 33.4 Å². The number of nitrogens with one attached hydrogen (secondary N) is 1. The molecule has 15 nitrogen and oxygen atoms in total. The van der Waals surface area contributed by atoms with Gasteiger partial charge in [-0.25, -0.2) is 4.68 Å². The van der Waals surface area contributed by atoms with Crippen LogP contribution in [0, 0.1) is 30.1 Å². The highest BCUT2D eigenvalue weighted by Gasteiger charge is 2.36. The zero-order valence-electron chi connectivity index (χ0n) is 34.4. The van der Waals surface area contributed by atoms with Crippen LogP contribution in [-0.2, 0) is 25.6 Å². The Kier molecular flexibility index (Phi) is 15.8. The Morgan fingerprint density at radius 2 is 1.67 bits per heavy atom. The Balaban J connectivity index is 1.59. The summed E-state index contributed by atoms with van der Waals surface area (Å²) in [4.78, 5) is 71.6. The fraction of sp³-hybridized carbons (Fsp3) is 0.400. The molecular weight excluding hydrogens is 765 g/mol. The van der Waals surface area contributed by atoms with Gasteiger partial charge in [0.15, 0.2) is 17.3 Å². The number of benzene rings is 3. The normalized spacial score (nSPS) is 17.1. The molecule has 0 fully saturated rings. The Hall–Kier alpha value is -6.21. The number of rotatable bonds is 17. The van der Waals surface area contributed by atoms with Gasteiger partial charge in [-0.3, -0.25) is 24.0 Å². The van der Waals surface area contributed by atoms with Crippen molar-refractivity contribution in [2.75, 3.05) is 39.9 Å². The topological polar surface area (TPSA) is 239 Å². The van der Waals surface area contributed by atoms with Crippen molar-refractivity contribution in [3.8, 4) is 34.4 Å². The number of amides is 2. The number of aromatic nitrogens is 2. The number of hydrogen-bond donors (Lipinski definition) is 4. The molecule has 1 aliphatic heterocycles. The molecule has 5 rings (SSSR count). The van der Waals surface area contributed by atoms with Crippen molar-refractivity contribution in [1.29, 1.82) is 5.26 Å². The van der Waals surface area contributed by atoms with E-state index >= 15 is 0 Å². The van der Waals surface area contributed by atoms with Gasteiger partial charge in [-0.05, 0) is 91.5 Å². The summed E-state index contributed by atoms with van der Waals surface area (Å²) in [5, 5.41) is 16.3. The molecule has 7 N–H and O–H groups in total. The van der Waals surface area contributed by atoms with E-state index in [9.17, 15) is 29.2 Å². The molecule has 0 saturated heterocycles. The fourth-order valence-electron chi connectivity index (χ4n) is 7.50. The molecule has 0 radical (unpaired) electrons. The van der Waals surface area contributed by atoms with Crippen molar-refractivity contribution in [3.05, 3.63) is 95.3 Å². The van der Waals surface area contributed by atoms with Gasteiger partial charge < -0.3 is 36.9 Å². The van der Waals surface area contributed by atoms with Gasteiger partial charge in [-0.1, -0.05) is 19.1 Å². The molecule has 0 unspecified atom stereocenters. The first-order valence-corrected chi connectivity index (χ1v) is 20.2. The lowest BCUT2D eigenvalue weighted by atomic mass is 9.88. The number of nitrogens with two attached hydrogens (primary N) is 3. The summed E-state index contributed by atoms with van der Waals surface area (Å²) in [7, 11) is 1.51. The van der Waals surface area contributed by atoms with Crippen LogP contribution in [0.5, 0.6) is 11.5 Å². The lowest BCUT2D eigenvalue weighted by molar-refractivity contribution is -0.142. The number of Topliss-reactive ketones (excluding diaryl/α,β-unsaturated/α-hetero) is 3. The fourth-order valence-corrected chi connectivity index (χ4v) is 7.50. The number of likely N-dealkylation sites (N-methyl/N-ethyl adjacent to an activating group) is 1. The number of nitriles is 1. The Morgan fingerprint density at radius 3 is 2.30 bits per heavy atom. The summed E-state index contributed by atoms with van der Waals surface area (Å²) in [6.07, 6.45) is 3.20. The first-order valence-electron chi connectivity index (χ1n) is 20.2. The monoisotopic (exact) mass is 818 g/mol. The van der Waals surface area contributed by atoms with E-state index in [2.05, 4.69) is 10.4 Å². The number of aryl methyl sites for hydroxylation is 1. The molecule has 15 heteroatoms. The first kappa shape index (κ1) is 44.9. The summed E-state index contributed by atoms with van der Waals surface area (Å²) in [5.74, 6) is -2.95. The van der Waals surface area contributed by atoms with E-state index < -0.39 is 41.5 Å². The molecule has 4 atom stereocenters. The number of fused-ring (bicyclic) bond motifs is 5. The maximum Gasteiger partial charge on any atom is 0.226 e. The third kappa shape index (κ3) is 10.9. The quantitative estimate of drug-likeness (QED) is 0.111. The standard InChI is InChI=1S/C45H54N8O7/c1-28-22-33(53-19-5-18-50-53)9-10-34(28)39(55)27-32(13-15-47)45(58)52(3)43-31-8-12-42(60-21-17-49)36(26-31)35-24-30(7-11-41(35)59-20-16-48)25-37(38(54)6-4-14-46)51-44(57)29(2)23-40(43)56/h5,7-12,18-19,22,24,26,29,32,37,43H,4,6,13,15-17,20-21,23,25,27,47-49H2,1-3H3,(H,51,57)/t29-,32-,37+,43+/m1/s1. The van der Waals surface area contributed by atoms with Gasteiger partial charge in [0.1, 0.15) is 30.8 Å². The van der Waals surface area contributed by atoms with Crippen LogP contribution in [0.4, 0.5) is 0 Å². The minimum Gasteiger partial charge on any atom is -0.492 e. The Bertz CT molecular complexity index is 2220. The van der Waals surface area contributed by atoms with E-state index in [1.165, 1.54) is 11.9 Å². The van der Waals surface area contributed by atoms with Crippen LogP contribution < -0.4 is 32.0 Å². The zero-order chi connectivity index (χ0) is 43.3. The minimum absolute atomic E-state index is 0.0260. The molecule has 0 saturated carbocycles. The number of carbonyl (C=O) groups excluding carboxylic acids is 5. The van der Waals surface area contributed by atoms with E-state index in [0.29, 0.717) is 44.9 Å². The number of ether oxygens (including phenoxy) is 2. The molecular formula is C45H54N8O7. The zero-order valence-corrected chi connectivity index (χ0v) is 34.4. The van der Waals surface area contributed by atoms with Crippen molar-refractivity contribution >= 4 is 29.2 Å². The number of hydrogen-bond acceptors (Lipinski definition) is 12. The molecule has 0 spiro atoms. The van der Waals surface area contributed by atoms with E-state index in [1.54, 1.807) is 72.5 Å². The van der Waals surface area contributed by atoms with Crippen molar-refractivity contribution in [1.82, 2.24) is 20.0 Å². The van der Waals surface area contributed by atoms with Crippen LogP contribution in [0.3, 0.4) is 0 Å². The summed E-state index contributed by atoms with van der Waals surface area (Å²) in [6, 6.07) is 17.4. The van der Waals surface area contributed by atoms with Crippen LogP contribution in [-0.4, -0.2) is 89.8 Å². The number of nitrogens with zero attached hydrogens (tertiary/aromatic N) is 4. The molecule has 60 heavy (non-hydrogen) atoms. The van der Waals surface area contributed by atoms with Crippen LogP contribution >= 0.6 is 0 Å². The molecule has 3 aromatic carbocycles. The molecule has 1 aliphatic rings. The maximum atomic E-state index is 14.6. The predicted molar refractivity (Wildman–Crippen MR) is 225 cm³/mol. The molecule has 4 aromatic rings. The summed E-state index contributed by atoms with van der Waals surface area (Å²) >= 11 is 0. The largest absolute Gasteiger partial charge is 0.492 e. The lowest BCUT2D eigenvalue weighted by Crippen LogP contribution is -2.46. The maximum absolute atomic E-state index is 14.6. The van der Waals surface area contributed by atoms with E-state index in [4.69, 9.17) is 26.7 Å². The van der Waals surface area contributed by atoms with E-state index in [0.717, 1.165) is 5.69 Å². The molecule has 4 bridgehead atoms. The van der Waals surface area contributed by atoms with Gasteiger partial charge in [0.25, 0.3) is 0 Å². The number of carbonyl (C=O) groups is 5. The predicted octanol–water partition coefficient (Wildman–Crippen LogP) is 3.77. The highest BCUT2D eigenvalue weighted by molar-refractivity contribution is 6.01. The third-order valence-electron chi connectivity index (χ3n) is 10.6. The van der Waals surface area contributed by atoms with Gasteiger partial charge in [-0.2, -0.15) is 10.4 Å². The average molecular weight is 819 g/mol. The summed E-state index contributed by atoms with van der Waals surface area (Å²) < 4.78 is 13.9. The SMILES string of the molecule is Cc1cc(-n2cccn2)ccc1C(=O)C[C@@H](CCN)C(=O)N(C)[C@@H]1C(=O)C[C@@H](C)C(=O)N[C@H](C(=O)CCC#N)Cc2ccc(OCCN)c(c2)-c2cc1ccc2OCCN. The second-order valence-corrected chi connectivity index (χ2v) is 15.0. The Labute approximate surface area is 350 Å². The molecule has 1 aromatic heterocycles. The van der Waals surface area contributed by atoms with Crippen molar-refractivity contribution in [2.24, 2.45) is 29.0 Å². The highest BCUT2D eigenvalue weighted by Crippen LogP contribution is 2.41. The van der Waals surface area contributed by atoms with Crippen LogP contribution in [0.15, 0.2) is 73.1 Å². The van der Waals surface area contributed by atoms with E-state index in [-0.39, 0.29) is 82.9 Å². The van der Waals surface area contributed by atoms with Gasteiger partial charge in [0.2, 0.25) is 11.8 Å².